The van der Waals surface area contributed by atoms with Crippen molar-refractivity contribution in [3.8, 4) is 0 Å². The van der Waals surface area contributed by atoms with E-state index in [0.29, 0.717) is 16.6 Å². The van der Waals surface area contributed by atoms with E-state index in [-0.39, 0.29) is 6.03 Å². The van der Waals surface area contributed by atoms with Crippen LogP contribution < -0.4 is 5.32 Å². The van der Waals surface area contributed by atoms with E-state index < -0.39 is 0 Å². The summed E-state index contributed by atoms with van der Waals surface area (Å²) in [5.41, 5.74) is 1.87. The van der Waals surface area contributed by atoms with Crippen LogP contribution in [0.1, 0.15) is 18.4 Å². The molecule has 1 atom stereocenters. The van der Waals surface area contributed by atoms with E-state index in [2.05, 4.69) is 22.4 Å². The maximum atomic E-state index is 12.4. The molecular formula is C18H19Cl2N3O. The van der Waals surface area contributed by atoms with Crippen LogP contribution in [-0.2, 0) is 6.42 Å². The molecule has 0 bridgehead atoms. The number of anilines is 1. The molecule has 1 N–H and O–H groups in total. The van der Waals surface area contributed by atoms with Crippen LogP contribution in [0.5, 0.6) is 0 Å². The highest BCUT2D eigenvalue weighted by Crippen LogP contribution is 2.23. The lowest BCUT2D eigenvalue weighted by molar-refractivity contribution is 0.177. The fraction of sp³-hybridized carbons (Fsp3) is 0.333. The number of aromatic nitrogens is 1. The monoisotopic (exact) mass is 363 g/mol. The summed E-state index contributed by atoms with van der Waals surface area (Å²) in [6.07, 6.45) is 6.24. The molecule has 1 aliphatic rings. The standard InChI is InChI=1S/C18H19Cl2N3O/c19-15-5-3-13(4-6-15)8-14-2-1-7-23(12-14)18(24)22-17-9-16(20)10-21-11-17/h3-6,9-11,14H,1-2,7-8,12H2,(H,22,24). The molecule has 6 heteroatoms. The number of benzene rings is 1. The molecule has 1 aromatic heterocycles. The van der Waals surface area contributed by atoms with Crippen LogP contribution in [0.15, 0.2) is 42.7 Å². The summed E-state index contributed by atoms with van der Waals surface area (Å²) in [5, 5.41) is 4.12. The van der Waals surface area contributed by atoms with Crippen molar-refractivity contribution in [3.63, 3.8) is 0 Å². The quantitative estimate of drug-likeness (QED) is 0.844. The van der Waals surface area contributed by atoms with E-state index in [0.717, 1.165) is 37.4 Å². The van der Waals surface area contributed by atoms with Gasteiger partial charge in [0.1, 0.15) is 0 Å². The van der Waals surface area contributed by atoms with Gasteiger partial charge in [-0.2, -0.15) is 0 Å². The third kappa shape index (κ3) is 4.62. The number of hydrogen-bond donors (Lipinski definition) is 1. The number of carbonyl (C=O) groups excluding carboxylic acids is 1. The predicted octanol–water partition coefficient (Wildman–Crippen LogP) is 4.88. The second-order valence-electron chi connectivity index (χ2n) is 6.11. The third-order valence-corrected chi connectivity index (χ3v) is 4.66. The van der Waals surface area contributed by atoms with Crippen LogP contribution in [0.2, 0.25) is 10.0 Å². The Morgan fingerprint density at radius 2 is 2.00 bits per heavy atom. The molecule has 1 saturated heterocycles. The Hall–Kier alpha value is -1.78. The molecule has 4 nitrogen and oxygen atoms in total. The first-order valence-electron chi connectivity index (χ1n) is 8.01. The fourth-order valence-electron chi connectivity index (χ4n) is 3.05. The minimum absolute atomic E-state index is 0.0973. The van der Waals surface area contributed by atoms with Gasteiger partial charge in [0.05, 0.1) is 16.9 Å². The van der Waals surface area contributed by atoms with Crippen LogP contribution in [0, 0.1) is 5.92 Å². The van der Waals surface area contributed by atoms with Crippen molar-refractivity contribution in [1.82, 2.24) is 9.88 Å². The molecule has 1 aliphatic heterocycles. The summed E-state index contributed by atoms with van der Waals surface area (Å²) in [6.45, 7) is 1.53. The van der Waals surface area contributed by atoms with Gasteiger partial charge >= 0.3 is 6.03 Å². The van der Waals surface area contributed by atoms with E-state index in [9.17, 15) is 4.79 Å². The molecule has 0 spiro atoms. The van der Waals surface area contributed by atoms with Crippen molar-refractivity contribution >= 4 is 34.9 Å². The first-order valence-corrected chi connectivity index (χ1v) is 8.76. The topological polar surface area (TPSA) is 45.2 Å². The van der Waals surface area contributed by atoms with Gasteiger partial charge in [-0.3, -0.25) is 4.98 Å². The van der Waals surface area contributed by atoms with Gasteiger partial charge < -0.3 is 10.2 Å². The Morgan fingerprint density at radius 1 is 1.21 bits per heavy atom. The average Bonchev–Trinajstić information content (AvgIpc) is 2.57. The van der Waals surface area contributed by atoms with E-state index in [1.165, 1.54) is 5.56 Å². The Morgan fingerprint density at radius 3 is 2.75 bits per heavy atom. The Bertz CT molecular complexity index is 706. The number of urea groups is 1. The number of nitrogens with zero attached hydrogens (tertiary/aromatic N) is 2. The molecule has 2 heterocycles. The molecule has 24 heavy (non-hydrogen) atoms. The van der Waals surface area contributed by atoms with Crippen LogP contribution in [0.3, 0.4) is 0 Å². The van der Waals surface area contributed by atoms with Gasteiger partial charge in [-0.05, 0) is 48.9 Å². The molecule has 126 valence electrons. The van der Waals surface area contributed by atoms with Crippen molar-refractivity contribution in [1.29, 1.82) is 0 Å². The lowest BCUT2D eigenvalue weighted by Crippen LogP contribution is -2.42. The minimum atomic E-state index is -0.0973. The number of nitrogens with one attached hydrogen (secondary N) is 1. The maximum Gasteiger partial charge on any atom is 0.321 e. The summed E-state index contributed by atoms with van der Waals surface area (Å²) in [6, 6.07) is 9.53. The zero-order chi connectivity index (χ0) is 16.9. The van der Waals surface area contributed by atoms with Crippen molar-refractivity contribution in [2.45, 2.75) is 19.3 Å². The second-order valence-corrected chi connectivity index (χ2v) is 6.98. The first kappa shape index (κ1) is 17.1. The highest BCUT2D eigenvalue weighted by molar-refractivity contribution is 6.31. The predicted molar refractivity (Wildman–Crippen MR) is 97.7 cm³/mol. The van der Waals surface area contributed by atoms with Gasteiger partial charge in [0.15, 0.2) is 0 Å². The van der Waals surface area contributed by atoms with Crippen LogP contribution in [0.4, 0.5) is 10.5 Å². The van der Waals surface area contributed by atoms with Crippen molar-refractivity contribution in [2.75, 3.05) is 18.4 Å². The highest BCUT2D eigenvalue weighted by atomic mass is 35.5. The van der Waals surface area contributed by atoms with E-state index in [1.807, 2.05) is 17.0 Å². The van der Waals surface area contributed by atoms with Gasteiger partial charge in [-0.25, -0.2) is 4.79 Å². The fourth-order valence-corrected chi connectivity index (χ4v) is 3.35. The third-order valence-electron chi connectivity index (χ3n) is 4.20. The Kier molecular flexibility index (Phi) is 5.59. The van der Waals surface area contributed by atoms with Crippen LogP contribution in [0.25, 0.3) is 0 Å². The molecule has 1 fully saturated rings. The molecule has 3 rings (SSSR count). The van der Waals surface area contributed by atoms with Crippen LogP contribution in [-0.4, -0.2) is 29.0 Å². The van der Waals surface area contributed by atoms with Crippen molar-refractivity contribution in [2.24, 2.45) is 5.92 Å². The number of halogens is 2. The zero-order valence-corrected chi connectivity index (χ0v) is 14.7. The molecule has 0 saturated carbocycles. The first-order chi connectivity index (χ1) is 11.6. The largest absolute Gasteiger partial charge is 0.324 e. The lowest BCUT2D eigenvalue weighted by atomic mass is 9.91. The summed E-state index contributed by atoms with van der Waals surface area (Å²) >= 11 is 11.8. The van der Waals surface area contributed by atoms with Gasteiger partial charge in [-0.1, -0.05) is 35.3 Å². The molecule has 2 amide bonds. The highest BCUT2D eigenvalue weighted by Gasteiger charge is 2.24. The SMILES string of the molecule is O=C(Nc1cncc(Cl)c1)N1CCCC(Cc2ccc(Cl)cc2)C1. The van der Waals surface area contributed by atoms with Crippen molar-refractivity contribution in [3.05, 3.63) is 58.3 Å². The number of rotatable bonds is 3. The molecule has 2 aromatic rings. The number of likely N-dealkylation sites (tertiary alicyclic amines) is 1. The normalized spacial score (nSPS) is 17.6. The van der Waals surface area contributed by atoms with E-state index in [1.54, 1.807) is 18.5 Å². The van der Waals surface area contributed by atoms with Gasteiger partial charge in [0.25, 0.3) is 0 Å². The number of hydrogen-bond acceptors (Lipinski definition) is 2. The van der Waals surface area contributed by atoms with Gasteiger partial charge in [0.2, 0.25) is 0 Å². The Labute approximate surface area is 151 Å². The summed E-state index contributed by atoms with van der Waals surface area (Å²) < 4.78 is 0. The zero-order valence-electron chi connectivity index (χ0n) is 13.2. The average molecular weight is 364 g/mol. The summed E-state index contributed by atoms with van der Waals surface area (Å²) in [7, 11) is 0. The molecular weight excluding hydrogens is 345 g/mol. The minimum Gasteiger partial charge on any atom is -0.324 e. The van der Waals surface area contributed by atoms with E-state index in [4.69, 9.17) is 23.2 Å². The van der Waals surface area contributed by atoms with Crippen LogP contribution >= 0.6 is 23.2 Å². The summed E-state index contributed by atoms with van der Waals surface area (Å²) in [5.74, 6) is 0.461. The number of carbonyl (C=O) groups is 1. The second kappa shape index (κ2) is 7.86. The summed E-state index contributed by atoms with van der Waals surface area (Å²) in [4.78, 5) is 18.3. The van der Waals surface area contributed by atoms with E-state index >= 15 is 0 Å². The molecule has 0 aliphatic carbocycles. The number of amides is 2. The molecule has 0 radical (unpaired) electrons. The molecule has 1 aromatic carbocycles. The van der Waals surface area contributed by atoms with Crippen molar-refractivity contribution < 1.29 is 4.79 Å². The van der Waals surface area contributed by atoms with Gasteiger partial charge in [-0.15, -0.1) is 0 Å². The smallest absolute Gasteiger partial charge is 0.321 e. The van der Waals surface area contributed by atoms with Gasteiger partial charge in [0, 0.05) is 24.3 Å². The number of pyridine rings is 1. The Balaban J connectivity index is 1.58. The number of piperidine rings is 1. The maximum absolute atomic E-state index is 12.4. The molecule has 1 unspecified atom stereocenters. The lowest BCUT2D eigenvalue weighted by Gasteiger charge is -2.33.